The Morgan fingerprint density at radius 3 is 2.47 bits per heavy atom. The van der Waals surface area contributed by atoms with Gasteiger partial charge in [-0.25, -0.2) is 9.59 Å². The lowest BCUT2D eigenvalue weighted by atomic mass is 10.2. The second-order valence-electron chi connectivity index (χ2n) is 4.23. The van der Waals surface area contributed by atoms with Gasteiger partial charge in [-0.2, -0.15) is 0 Å². The minimum Gasteiger partial charge on any atom is -0.504 e. The Hall–Kier alpha value is -2.50. The molecule has 1 saturated carbocycles. The summed E-state index contributed by atoms with van der Waals surface area (Å²) in [5.41, 5.74) is -0.339. The molecule has 0 aliphatic heterocycles. The number of benzene rings is 1. The minimum atomic E-state index is -1.31. The van der Waals surface area contributed by atoms with E-state index in [-0.39, 0.29) is 23.0 Å². The summed E-state index contributed by atoms with van der Waals surface area (Å²) in [6.07, 6.45) is 3.28. The predicted molar refractivity (Wildman–Crippen MR) is 64.1 cm³/mol. The number of allylic oxidation sites excluding steroid dienone is 1. The zero-order chi connectivity index (χ0) is 14.0. The van der Waals surface area contributed by atoms with Crippen LogP contribution in [0.2, 0.25) is 0 Å². The molecule has 6 nitrogen and oxygen atoms in total. The van der Waals surface area contributed by atoms with Gasteiger partial charge in [0.15, 0.2) is 11.5 Å². The lowest BCUT2D eigenvalue weighted by molar-refractivity contribution is -0.135. The molecule has 1 fully saturated rings. The SMILES string of the molecule is O=C(O)/C(=C/C1CC1)Oc1cccc(C(=O)O)c1O. The van der Waals surface area contributed by atoms with E-state index in [9.17, 15) is 14.7 Å². The number of hydrogen-bond donors (Lipinski definition) is 3. The summed E-state index contributed by atoms with van der Waals surface area (Å²) in [5.74, 6) is -3.47. The number of aromatic hydroxyl groups is 1. The molecule has 19 heavy (non-hydrogen) atoms. The zero-order valence-electron chi connectivity index (χ0n) is 9.87. The van der Waals surface area contributed by atoms with Crippen LogP contribution in [0.4, 0.5) is 0 Å². The molecule has 0 atom stereocenters. The maximum atomic E-state index is 11.0. The van der Waals surface area contributed by atoms with E-state index in [1.807, 2.05) is 0 Å². The van der Waals surface area contributed by atoms with Crippen molar-refractivity contribution < 1.29 is 29.6 Å². The van der Waals surface area contributed by atoms with Gasteiger partial charge in [0.25, 0.3) is 0 Å². The molecule has 0 amide bonds. The standard InChI is InChI=1S/C13H12O6/c14-11-8(12(15)16)2-1-3-9(11)19-10(13(17)18)6-7-4-5-7/h1-3,6-7,14H,4-5H2,(H,15,16)(H,17,18)/b10-6-. The Bertz CT molecular complexity index is 556. The van der Waals surface area contributed by atoms with Crippen molar-refractivity contribution in [1.29, 1.82) is 0 Å². The summed E-state index contributed by atoms with van der Waals surface area (Å²) >= 11 is 0. The fourth-order valence-electron chi connectivity index (χ4n) is 1.52. The highest BCUT2D eigenvalue weighted by Crippen LogP contribution is 2.34. The largest absolute Gasteiger partial charge is 0.504 e. The second kappa shape index (κ2) is 5.01. The molecule has 3 N–H and O–H groups in total. The van der Waals surface area contributed by atoms with Crippen LogP contribution in [-0.4, -0.2) is 27.3 Å². The van der Waals surface area contributed by atoms with Gasteiger partial charge in [-0.05, 0) is 37.0 Å². The van der Waals surface area contributed by atoms with Gasteiger partial charge in [-0.1, -0.05) is 6.07 Å². The van der Waals surface area contributed by atoms with Crippen molar-refractivity contribution in [2.45, 2.75) is 12.8 Å². The van der Waals surface area contributed by atoms with Gasteiger partial charge in [0.05, 0.1) is 0 Å². The zero-order valence-corrected chi connectivity index (χ0v) is 9.87. The molecule has 0 unspecified atom stereocenters. The van der Waals surface area contributed by atoms with Crippen molar-refractivity contribution in [3.05, 3.63) is 35.6 Å². The molecule has 0 saturated heterocycles. The lowest BCUT2D eigenvalue weighted by Crippen LogP contribution is -2.09. The van der Waals surface area contributed by atoms with Crippen molar-refractivity contribution in [3.63, 3.8) is 0 Å². The Labute approximate surface area is 108 Å². The van der Waals surface area contributed by atoms with Crippen molar-refractivity contribution in [3.8, 4) is 11.5 Å². The Kier molecular flexibility index (Phi) is 3.41. The first kappa shape index (κ1) is 12.9. The normalized spacial score (nSPS) is 15.1. The van der Waals surface area contributed by atoms with Crippen molar-refractivity contribution >= 4 is 11.9 Å². The van der Waals surface area contributed by atoms with Gasteiger partial charge >= 0.3 is 11.9 Å². The van der Waals surface area contributed by atoms with Gasteiger partial charge < -0.3 is 20.1 Å². The van der Waals surface area contributed by atoms with E-state index >= 15 is 0 Å². The molecule has 2 rings (SSSR count). The van der Waals surface area contributed by atoms with Gasteiger partial charge in [0.1, 0.15) is 5.56 Å². The van der Waals surface area contributed by atoms with E-state index in [2.05, 4.69) is 0 Å². The summed E-state index contributed by atoms with van der Waals surface area (Å²) in [7, 11) is 0. The summed E-state index contributed by atoms with van der Waals surface area (Å²) in [5, 5.41) is 27.5. The van der Waals surface area contributed by atoms with Crippen LogP contribution in [0.25, 0.3) is 0 Å². The average molecular weight is 264 g/mol. The quantitative estimate of drug-likeness (QED) is 0.553. The Balaban J connectivity index is 2.29. The summed E-state index contributed by atoms with van der Waals surface area (Å²) < 4.78 is 5.10. The monoisotopic (exact) mass is 264 g/mol. The third-order valence-electron chi connectivity index (χ3n) is 2.67. The van der Waals surface area contributed by atoms with Gasteiger partial charge in [0, 0.05) is 0 Å². The highest BCUT2D eigenvalue weighted by molar-refractivity contribution is 5.92. The van der Waals surface area contributed by atoms with Crippen LogP contribution < -0.4 is 4.74 Å². The Morgan fingerprint density at radius 1 is 1.26 bits per heavy atom. The first-order valence-electron chi connectivity index (χ1n) is 5.67. The predicted octanol–water partition coefficient (Wildman–Crippen LogP) is 1.85. The van der Waals surface area contributed by atoms with E-state index in [4.69, 9.17) is 14.9 Å². The first-order valence-corrected chi connectivity index (χ1v) is 5.67. The molecule has 1 aromatic rings. The van der Waals surface area contributed by atoms with Crippen LogP contribution in [0.1, 0.15) is 23.2 Å². The van der Waals surface area contributed by atoms with Crippen molar-refractivity contribution in [1.82, 2.24) is 0 Å². The number of aromatic carboxylic acids is 1. The number of para-hydroxylation sites is 1. The maximum absolute atomic E-state index is 11.0. The maximum Gasteiger partial charge on any atom is 0.371 e. The molecular weight excluding hydrogens is 252 g/mol. The lowest BCUT2D eigenvalue weighted by Gasteiger charge is -2.09. The summed E-state index contributed by atoms with van der Waals surface area (Å²) in [6.45, 7) is 0. The summed E-state index contributed by atoms with van der Waals surface area (Å²) in [4.78, 5) is 21.8. The minimum absolute atomic E-state index is 0.177. The van der Waals surface area contributed by atoms with Crippen LogP contribution in [0.5, 0.6) is 11.5 Å². The van der Waals surface area contributed by atoms with Gasteiger partial charge in [0.2, 0.25) is 5.76 Å². The van der Waals surface area contributed by atoms with E-state index < -0.39 is 17.7 Å². The number of ether oxygens (including phenoxy) is 1. The topological polar surface area (TPSA) is 104 Å². The highest BCUT2D eigenvalue weighted by Gasteiger charge is 2.24. The molecular formula is C13H12O6. The molecule has 0 spiro atoms. The highest BCUT2D eigenvalue weighted by atomic mass is 16.5. The molecule has 0 aromatic heterocycles. The average Bonchev–Trinajstić information content (AvgIpc) is 3.14. The van der Waals surface area contributed by atoms with Crippen LogP contribution in [0.3, 0.4) is 0 Å². The number of hydrogen-bond acceptors (Lipinski definition) is 4. The number of phenols is 1. The van der Waals surface area contributed by atoms with Gasteiger partial charge in [-0.15, -0.1) is 0 Å². The molecule has 1 aliphatic rings. The van der Waals surface area contributed by atoms with Crippen molar-refractivity contribution in [2.24, 2.45) is 5.92 Å². The van der Waals surface area contributed by atoms with Crippen LogP contribution in [0.15, 0.2) is 30.0 Å². The van der Waals surface area contributed by atoms with E-state index in [1.165, 1.54) is 24.3 Å². The van der Waals surface area contributed by atoms with Crippen LogP contribution in [-0.2, 0) is 4.79 Å². The second-order valence-corrected chi connectivity index (χ2v) is 4.23. The molecule has 6 heteroatoms. The first-order chi connectivity index (χ1) is 8.99. The molecule has 1 aromatic carbocycles. The third-order valence-corrected chi connectivity index (χ3v) is 2.67. The van der Waals surface area contributed by atoms with E-state index in [0.29, 0.717) is 0 Å². The number of carboxylic acids is 2. The molecule has 0 heterocycles. The fourth-order valence-corrected chi connectivity index (χ4v) is 1.52. The molecule has 0 radical (unpaired) electrons. The van der Waals surface area contributed by atoms with E-state index in [1.54, 1.807) is 0 Å². The van der Waals surface area contributed by atoms with Crippen LogP contribution >= 0.6 is 0 Å². The Morgan fingerprint density at radius 2 is 1.95 bits per heavy atom. The van der Waals surface area contributed by atoms with E-state index in [0.717, 1.165) is 12.8 Å². The number of carbonyl (C=O) groups is 2. The smallest absolute Gasteiger partial charge is 0.371 e. The van der Waals surface area contributed by atoms with Gasteiger partial charge in [-0.3, -0.25) is 0 Å². The third kappa shape index (κ3) is 3.04. The molecule has 100 valence electrons. The van der Waals surface area contributed by atoms with Crippen molar-refractivity contribution in [2.75, 3.05) is 0 Å². The fraction of sp³-hybridized carbons (Fsp3) is 0.231. The molecule has 1 aliphatic carbocycles. The number of carboxylic acid groups (broad SMARTS) is 2. The molecule has 0 bridgehead atoms. The number of rotatable bonds is 5. The summed E-state index contributed by atoms with van der Waals surface area (Å²) in [6, 6.07) is 3.89. The van der Waals surface area contributed by atoms with Crippen LogP contribution in [0, 0.1) is 5.92 Å². The number of aliphatic carboxylic acids is 1.